The monoisotopic (exact) mass is 249 g/mol. The van der Waals surface area contributed by atoms with Crippen LogP contribution in [0.15, 0.2) is 12.3 Å². The molecular formula is C14H23N3O. The molecule has 0 radical (unpaired) electrons. The highest BCUT2D eigenvalue weighted by molar-refractivity contribution is 5.91. The topological polar surface area (TPSA) is 38.1 Å². The number of amides is 1. The lowest BCUT2D eigenvalue weighted by atomic mass is 10.0. The Morgan fingerprint density at radius 2 is 2.22 bits per heavy atom. The first kappa shape index (κ1) is 13.1. The number of carbonyl (C=O) groups is 1. The molecule has 0 bridgehead atoms. The average molecular weight is 249 g/mol. The van der Waals surface area contributed by atoms with E-state index in [9.17, 15) is 4.79 Å². The number of aryl methyl sites for hydroxylation is 1. The lowest BCUT2D eigenvalue weighted by Crippen LogP contribution is -2.27. The van der Waals surface area contributed by atoms with Crippen molar-refractivity contribution >= 4 is 11.7 Å². The number of hydrogen-bond acceptors (Lipinski definition) is 2. The molecule has 0 atom stereocenters. The van der Waals surface area contributed by atoms with E-state index in [2.05, 4.69) is 5.10 Å². The fourth-order valence-corrected chi connectivity index (χ4v) is 2.83. The van der Waals surface area contributed by atoms with Gasteiger partial charge in [-0.2, -0.15) is 5.10 Å². The zero-order valence-electron chi connectivity index (χ0n) is 11.4. The van der Waals surface area contributed by atoms with E-state index in [4.69, 9.17) is 0 Å². The molecule has 0 aromatic carbocycles. The summed E-state index contributed by atoms with van der Waals surface area (Å²) in [4.78, 5) is 13.8. The van der Waals surface area contributed by atoms with Gasteiger partial charge in [0.15, 0.2) is 0 Å². The van der Waals surface area contributed by atoms with E-state index in [1.54, 1.807) is 15.8 Å². The molecule has 100 valence electrons. The number of nitrogens with zero attached hydrogens (tertiary/aromatic N) is 3. The van der Waals surface area contributed by atoms with Gasteiger partial charge in [0, 0.05) is 26.6 Å². The molecule has 1 heterocycles. The highest BCUT2D eigenvalue weighted by Crippen LogP contribution is 2.29. The van der Waals surface area contributed by atoms with E-state index in [1.165, 1.54) is 32.1 Å². The molecule has 1 saturated carbocycles. The molecule has 1 fully saturated rings. The van der Waals surface area contributed by atoms with Crippen molar-refractivity contribution in [2.24, 2.45) is 13.0 Å². The van der Waals surface area contributed by atoms with Gasteiger partial charge in [0.25, 0.3) is 0 Å². The summed E-state index contributed by atoms with van der Waals surface area (Å²) in [6, 6.07) is 1.87. The molecule has 0 unspecified atom stereocenters. The van der Waals surface area contributed by atoms with E-state index in [0.717, 1.165) is 18.2 Å². The van der Waals surface area contributed by atoms with Crippen LogP contribution in [0.2, 0.25) is 0 Å². The van der Waals surface area contributed by atoms with Crippen molar-refractivity contribution < 1.29 is 4.79 Å². The Bertz CT molecular complexity index is 393. The van der Waals surface area contributed by atoms with Crippen LogP contribution in [0.5, 0.6) is 0 Å². The Balaban J connectivity index is 1.75. The van der Waals surface area contributed by atoms with Crippen LogP contribution in [0.3, 0.4) is 0 Å². The maximum absolute atomic E-state index is 12.1. The third kappa shape index (κ3) is 3.12. The van der Waals surface area contributed by atoms with Gasteiger partial charge in [0.2, 0.25) is 5.91 Å². The second-order valence-corrected chi connectivity index (χ2v) is 5.31. The van der Waals surface area contributed by atoms with Crippen LogP contribution >= 0.6 is 0 Å². The molecule has 4 heteroatoms. The summed E-state index contributed by atoms with van der Waals surface area (Å²) in [7, 11) is 3.69. The number of rotatable bonds is 5. The Kier molecular flexibility index (Phi) is 4.39. The van der Waals surface area contributed by atoms with Crippen molar-refractivity contribution in [3.8, 4) is 0 Å². The summed E-state index contributed by atoms with van der Waals surface area (Å²) < 4.78 is 1.73. The minimum Gasteiger partial charge on any atom is -0.300 e. The number of anilines is 1. The normalized spacial score (nSPS) is 16.1. The minimum atomic E-state index is 0.191. The van der Waals surface area contributed by atoms with Gasteiger partial charge in [-0.1, -0.05) is 25.7 Å². The van der Waals surface area contributed by atoms with Gasteiger partial charge >= 0.3 is 0 Å². The van der Waals surface area contributed by atoms with Crippen LogP contribution in [0.4, 0.5) is 5.82 Å². The molecule has 1 amide bonds. The summed E-state index contributed by atoms with van der Waals surface area (Å²) in [5.74, 6) is 1.93. The Morgan fingerprint density at radius 3 is 2.83 bits per heavy atom. The lowest BCUT2D eigenvalue weighted by molar-refractivity contribution is -0.118. The first-order valence-corrected chi connectivity index (χ1v) is 6.93. The predicted octanol–water partition coefficient (Wildman–Crippen LogP) is 2.74. The largest absolute Gasteiger partial charge is 0.300 e. The minimum absolute atomic E-state index is 0.191. The van der Waals surface area contributed by atoms with E-state index in [0.29, 0.717) is 6.42 Å². The quantitative estimate of drug-likeness (QED) is 0.804. The Hall–Kier alpha value is -1.32. The summed E-state index contributed by atoms with van der Waals surface area (Å²) in [5, 5.41) is 4.09. The van der Waals surface area contributed by atoms with Crippen molar-refractivity contribution in [3.05, 3.63) is 12.3 Å². The molecular weight excluding hydrogens is 226 g/mol. The maximum atomic E-state index is 12.1. The van der Waals surface area contributed by atoms with Crippen LogP contribution in [0.1, 0.15) is 44.9 Å². The fraction of sp³-hybridized carbons (Fsp3) is 0.714. The second kappa shape index (κ2) is 6.03. The van der Waals surface area contributed by atoms with Gasteiger partial charge in [-0.05, 0) is 18.8 Å². The smallest absolute Gasteiger partial charge is 0.227 e. The molecule has 4 nitrogen and oxygen atoms in total. The number of carbonyl (C=O) groups excluding carboxylic acids is 1. The van der Waals surface area contributed by atoms with Crippen LogP contribution in [-0.2, 0) is 11.8 Å². The molecule has 0 saturated heterocycles. The predicted molar refractivity (Wildman–Crippen MR) is 72.4 cm³/mol. The van der Waals surface area contributed by atoms with Gasteiger partial charge in [-0.25, -0.2) is 0 Å². The number of hydrogen-bond donors (Lipinski definition) is 0. The highest BCUT2D eigenvalue weighted by atomic mass is 16.2. The van der Waals surface area contributed by atoms with Crippen LogP contribution < -0.4 is 4.90 Å². The third-order valence-corrected chi connectivity index (χ3v) is 3.99. The first-order valence-electron chi connectivity index (χ1n) is 6.93. The van der Waals surface area contributed by atoms with Crippen molar-refractivity contribution in [2.75, 3.05) is 11.9 Å². The van der Waals surface area contributed by atoms with Gasteiger partial charge in [0.05, 0.1) is 6.20 Å². The van der Waals surface area contributed by atoms with Gasteiger partial charge in [-0.15, -0.1) is 0 Å². The molecule has 1 aromatic rings. The average Bonchev–Trinajstić information content (AvgIpc) is 2.99. The van der Waals surface area contributed by atoms with E-state index >= 15 is 0 Å². The molecule has 2 rings (SSSR count). The molecule has 0 spiro atoms. The zero-order chi connectivity index (χ0) is 13.0. The summed E-state index contributed by atoms with van der Waals surface area (Å²) in [6.07, 6.45) is 10.1. The van der Waals surface area contributed by atoms with Crippen LogP contribution in [0.25, 0.3) is 0 Å². The third-order valence-electron chi connectivity index (χ3n) is 3.99. The maximum Gasteiger partial charge on any atom is 0.227 e. The molecule has 18 heavy (non-hydrogen) atoms. The Labute approximate surface area is 109 Å². The van der Waals surface area contributed by atoms with Crippen molar-refractivity contribution in [3.63, 3.8) is 0 Å². The van der Waals surface area contributed by atoms with Gasteiger partial charge in [-0.3, -0.25) is 9.48 Å². The summed E-state index contributed by atoms with van der Waals surface area (Å²) in [5.41, 5.74) is 0. The number of aromatic nitrogens is 2. The van der Waals surface area contributed by atoms with E-state index < -0.39 is 0 Å². The second-order valence-electron chi connectivity index (χ2n) is 5.31. The Morgan fingerprint density at radius 1 is 1.50 bits per heavy atom. The summed E-state index contributed by atoms with van der Waals surface area (Å²) in [6.45, 7) is 0. The molecule has 0 aliphatic heterocycles. The molecule has 1 aliphatic carbocycles. The van der Waals surface area contributed by atoms with E-state index in [1.807, 2.05) is 20.2 Å². The van der Waals surface area contributed by atoms with Crippen molar-refractivity contribution in [2.45, 2.75) is 44.9 Å². The van der Waals surface area contributed by atoms with Crippen molar-refractivity contribution in [1.29, 1.82) is 0 Å². The first-order chi connectivity index (χ1) is 8.68. The van der Waals surface area contributed by atoms with Crippen LogP contribution in [0, 0.1) is 5.92 Å². The molecule has 1 aromatic heterocycles. The lowest BCUT2D eigenvalue weighted by Gasteiger charge is -2.17. The van der Waals surface area contributed by atoms with Crippen LogP contribution in [-0.4, -0.2) is 22.7 Å². The molecule has 0 N–H and O–H groups in total. The zero-order valence-corrected chi connectivity index (χ0v) is 11.4. The summed E-state index contributed by atoms with van der Waals surface area (Å²) >= 11 is 0. The van der Waals surface area contributed by atoms with Crippen molar-refractivity contribution in [1.82, 2.24) is 9.78 Å². The highest BCUT2D eigenvalue weighted by Gasteiger charge is 2.17. The molecule has 1 aliphatic rings. The SMILES string of the molecule is CN(C(=O)CCCC1CCCC1)c1ccnn1C. The fourth-order valence-electron chi connectivity index (χ4n) is 2.83. The van der Waals surface area contributed by atoms with E-state index in [-0.39, 0.29) is 5.91 Å². The van der Waals surface area contributed by atoms with Gasteiger partial charge < -0.3 is 4.90 Å². The van der Waals surface area contributed by atoms with Gasteiger partial charge in [0.1, 0.15) is 5.82 Å². The standard InChI is InChI=1S/C14H23N3O/c1-16(13-10-11-15-17(13)2)14(18)9-5-8-12-6-3-4-7-12/h10-12H,3-9H2,1-2H3.